The zero-order chi connectivity index (χ0) is 18.2. The molecule has 2 rings (SSSR count). The quantitative estimate of drug-likeness (QED) is 0.710. The number of carbonyl (C=O) groups excluding carboxylic acids is 1. The Kier molecular flexibility index (Phi) is 7.72. The molecule has 5 nitrogen and oxygen atoms in total. The molecule has 3 N–H and O–H groups in total. The lowest BCUT2D eigenvalue weighted by molar-refractivity contribution is 0.182. The van der Waals surface area contributed by atoms with Gasteiger partial charge in [-0.15, -0.1) is 0 Å². The second kappa shape index (κ2) is 9.78. The number of rotatable bonds is 7. The van der Waals surface area contributed by atoms with E-state index >= 15 is 0 Å². The Morgan fingerprint density at radius 1 is 1.32 bits per heavy atom. The Labute approximate surface area is 151 Å². The molecule has 1 fully saturated rings. The average Bonchev–Trinajstić information content (AvgIpc) is 2.56. The molecule has 1 atom stereocenters. The van der Waals surface area contributed by atoms with E-state index in [9.17, 15) is 4.79 Å². The maximum absolute atomic E-state index is 12.2. The van der Waals surface area contributed by atoms with E-state index in [2.05, 4.69) is 60.6 Å². The molecule has 0 spiro atoms. The smallest absolute Gasteiger partial charge is 0.315 e. The Hall–Kier alpha value is -1.59. The number of piperidine rings is 1. The highest BCUT2D eigenvalue weighted by Gasteiger charge is 2.22. The standard InChI is InChI=1S/C20H33N3O2/c1-15(2)19(9-12-24)22-20(25)21-18-7-10-23(11-8-18)14-17-6-4-5-16(3)13-17/h4-6,13,15,18-19,24H,7-12,14H2,1-3H3,(H2,21,22,25). The third kappa shape index (κ3) is 6.67. The Bertz CT molecular complexity index is 539. The van der Waals surface area contributed by atoms with Gasteiger partial charge in [-0.25, -0.2) is 4.79 Å². The first kappa shape index (κ1) is 19.7. The summed E-state index contributed by atoms with van der Waals surface area (Å²) in [5.74, 6) is 0.314. The number of aryl methyl sites for hydroxylation is 1. The Morgan fingerprint density at radius 3 is 2.64 bits per heavy atom. The number of carbonyl (C=O) groups is 1. The van der Waals surface area contributed by atoms with Crippen LogP contribution in [0, 0.1) is 12.8 Å². The lowest BCUT2D eigenvalue weighted by atomic mass is 10.0. The number of likely N-dealkylation sites (tertiary alicyclic amines) is 1. The SMILES string of the molecule is Cc1cccc(CN2CCC(NC(=O)NC(CCO)C(C)C)CC2)c1. The van der Waals surface area contributed by atoms with E-state index in [0.29, 0.717) is 12.3 Å². The molecule has 0 bridgehead atoms. The molecule has 0 aromatic heterocycles. The molecule has 25 heavy (non-hydrogen) atoms. The average molecular weight is 348 g/mol. The molecule has 1 aromatic rings. The van der Waals surface area contributed by atoms with Crippen LogP contribution in [0.15, 0.2) is 24.3 Å². The number of benzene rings is 1. The fraction of sp³-hybridized carbons (Fsp3) is 0.650. The lowest BCUT2D eigenvalue weighted by Crippen LogP contribution is -2.51. The second-order valence-corrected chi connectivity index (χ2v) is 7.52. The summed E-state index contributed by atoms with van der Waals surface area (Å²) < 4.78 is 0. The molecule has 1 unspecified atom stereocenters. The van der Waals surface area contributed by atoms with Crippen molar-refractivity contribution in [2.45, 2.75) is 58.7 Å². The third-order valence-corrected chi connectivity index (χ3v) is 4.97. The van der Waals surface area contributed by atoms with Crippen LogP contribution in [0.3, 0.4) is 0 Å². The van der Waals surface area contributed by atoms with Crippen LogP contribution in [0.2, 0.25) is 0 Å². The van der Waals surface area contributed by atoms with Gasteiger partial charge in [-0.1, -0.05) is 43.7 Å². The lowest BCUT2D eigenvalue weighted by Gasteiger charge is -2.33. The van der Waals surface area contributed by atoms with Crippen molar-refractivity contribution >= 4 is 6.03 Å². The van der Waals surface area contributed by atoms with Crippen LogP contribution in [-0.4, -0.2) is 47.8 Å². The van der Waals surface area contributed by atoms with Crippen LogP contribution in [-0.2, 0) is 6.54 Å². The molecule has 5 heteroatoms. The molecular formula is C20H33N3O2. The van der Waals surface area contributed by atoms with Crippen LogP contribution >= 0.6 is 0 Å². The highest BCUT2D eigenvalue weighted by molar-refractivity contribution is 5.74. The minimum absolute atomic E-state index is 0.0198. The second-order valence-electron chi connectivity index (χ2n) is 7.52. The summed E-state index contributed by atoms with van der Waals surface area (Å²) in [5, 5.41) is 15.2. The molecule has 0 saturated carbocycles. The number of nitrogens with zero attached hydrogens (tertiary/aromatic N) is 1. The number of aliphatic hydroxyl groups is 1. The minimum Gasteiger partial charge on any atom is -0.396 e. The van der Waals surface area contributed by atoms with Crippen molar-refractivity contribution in [3.63, 3.8) is 0 Å². The van der Waals surface area contributed by atoms with E-state index < -0.39 is 0 Å². The van der Waals surface area contributed by atoms with Gasteiger partial charge in [-0.2, -0.15) is 0 Å². The summed E-state index contributed by atoms with van der Waals surface area (Å²) in [7, 11) is 0. The van der Waals surface area contributed by atoms with Gasteiger partial charge < -0.3 is 15.7 Å². The van der Waals surface area contributed by atoms with E-state index in [1.54, 1.807) is 0 Å². The first-order valence-corrected chi connectivity index (χ1v) is 9.43. The highest BCUT2D eigenvalue weighted by atomic mass is 16.3. The topological polar surface area (TPSA) is 64.6 Å². The van der Waals surface area contributed by atoms with Gasteiger partial charge in [0.2, 0.25) is 0 Å². The Morgan fingerprint density at radius 2 is 2.04 bits per heavy atom. The van der Waals surface area contributed by atoms with E-state index in [-0.39, 0.29) is 24.7 Å². The summed E-state index contributed by atoms with van der Waals surface area (Å²) in [6.45, 7) is 9.33. The van der Waals surface area contributed by atoms with Gasteiger partial charge in [0.25, 0.3) is 0 Å². The Balaban J connectivity index is 1.73. The minimum atomic E-state index is -0.107. The van der Waals surface area contributed by atoms with Gasteiger partial charge in [-0.05, 0) is 37.7 Å². The molecule has 1 aromatic carbocycles. The number of amides is 2. The van der Waals surface area contributed by atoms with E-state index in [4.69, 9.17) is 5.11 Å². The van der Waals surface area contributed by atoms with Crippen molar-refractivity contribution < 1.29 is 9.90 Å². The fourth-order valence-corrected chi connectivity index (χ4v) is 3.41. The number of urea groups is 1. The van der Waals surface area contributed by atoms with Gasteiger partial charge in [0, 0.05) is 38.3 Å². The number of hydrogen-bond donors (Lipinski definition) is 3. The van der Waals surface area contributed by atoms with E-state index in [1.807, 2.05) is 0 Å². The monoisotopic (exact) mass is 347 g/mol. The van der Waals surface area contributed by atoms with Crippen LogP contribution in [0.1, 0.15) is 44.2 Å². The summed E-state index contributed by atoms with van der Waals surface area (Å²) in [6.07, 6.45) is 2.55. The molecular weight excluding hydrogens is 314 g/mol. The predicted molar refractivity (Wildman–Crippen MR) is 101 cm³/mol. The highest BCUT2D eigenvalue weighted by Crippen LogP contribution is 2.15. The van der Waals surface area contributed by atoms with Crippen LogP contribution in [0.25, 0.3) is 0 Å². The molecule has 1 saturated heterocycles. The van der Waals surface area contributed by atoms with Gasteiger partial charge in [-0.3, -0.25) is 4.90 Å². The first-order chi connectivity index (χ1) is 12.0. The van der Waals surface area contributed by atoms with Crippen molar-refractivity contribution in [1.82, 2.24) is 15.5 Å². The summed E-state index contributed by atoms with van der Waals surface area (Å²) in [5.41, 5.74) is 2.65. The number of nitrogens with one attached hydrogen (secondary N) is 2. The van der Waals surface area contributed by atoms with Crippen molar-refractivity contribution in [3.8, 4) is 0 Å². The van der Waals surface area contributed by atoms with Crippen molar-refractivity contribution in [3.05, 3.63) is 35.4 Å². The molecule has 0 aliphatic carbocycles. The zero-order valence-corrected chi connectivity index (χ0v) is 15.8. The van der Waals surface area contributed by atoms with Gasteiger partial charge in [0.1, 0.15) is 0 Å². The molecule has 0 radical (unpaired) electrons. The van der Waals surface area contributed by atoms with E-state index in [1.165, 1.54) is 11.1 Å². The number of hydrogen-bond acceptors (Lipinski definition) is 3. The van der Waals surface area contributed by atoms with Crippen LogP contribution in [0.5, 0.6) is 0 Å². The molecule has 2 amide bonds. The number of aliphatic hydroxyl groups excluding tert-OH is 1. The zero-order valence-electron chi connectivity index (χ0n) is 15.8. The first-order valence-electron chi connectivity index (χ1n) is 9.43. The third-order valence-electron chi connectivity index (χ3n) is 4.97. The van der Waals surface area contributed by atoms with Crippen LogP contribution in [0.4, 0.5) is 4.79 Å². The van der Waals surface area contributed by atoms with Crippen LogP contribution < -0.4 is 10.6 Å². The molecule has 140 valence electrons. The van der Waals surface area contributed by atoms with Crippen molar-refractivity contribution in [2.24, 2.45) is 5.92 Å². The van der Waals surface area contributed by atoms with Gasteiger partial charge >= 0.3 is 6.03 Å². The largest absolute Gasteiger partial charge is 0.396 e. The normalized spacial score (nSPS) is 17.5. The summed E-state index contributed by atoms with van der Waals surface area (Å²) >= 11 is 0. The maximum Gasteiger partial charge on any atom is 0.315 e. The van der Waals surface area contributed by atoms with Crippen molar-refractivity contribution in [1.29, 1.82) is 0 Å². The molecule has 1 heterocycles. The summed E-state index contributed by atoms with van der Waals surface area (Å²) in [6, 6.07) is 8.80. The maximum atomic E-state index is 12.2. The molecule has 1 aliphatic heterocycles. The van der Waals surface area contributed by atoms with E-state index in [0.717, 1.165) is 32.5 Å². The molecule has 1 aliphatic rings. The fourth-order valence-electron chi connectivity index (χ4n) is 3.41. The van der Waals surface area contributed by atoms with Gasteiger partial charge in [0.05, 0.1) is 0 Å². The van der Waals surface area contributed by atoms with Gasteiger partial charge in [0.15, 0.2) is 0 Å². The van der Waals surface area contributed by atoms with Crippen molar-refractivity contribution in [2.75, 3.05) is 19.7 Å². The summed E-state index contributed by atoms with van der Waals surface area (Å²) in [4.78, 5) is 14.6. The predicted octanol–water partition coefficient (Wildman–Crippen LogP) is 2.67.